The summed E-state index contributed by atoms with van der Waals surface area (Å²) in [5, 5.41) is 0.166. The van der Waals surface area contributed by atoms with Crippen molar-refractivity contribution < 1.29 is 12.8 Å². The Balaban J connectivity index is 1.99. The second kappa shape index (κ2) is 4.97. The number of benzene rings is 2. The van der Waals surface area contributed by atoms with Crippen LogP contribution in [0.2, 0.25) is 0 Å². The average molecular weight is 323 g/mol. The van der Waals surface area contributed by atoms with Gasteiger partial charge in [-0.05, 0) is 30.3 Å². The third kappa shape index (κ3) is 2.67. The standard InChI is InChI=1S/C13H10FN3O2S2/c14-9-3-1-2-4-12(9)21(18,19)17-13-16-10-6-5-8(15)7-11(10)20-13/h1-7H,15H2,(H,16,17). The molecule has 0 saturated heterocycles. The molecule has 0 saturated carbocycles. The van der Waals surface area contributed by atoms with E-state index in [2.05, 4.69) is 9.71 Å². The van der Waals surface area contributed by atoms with Gasteiger partial charge in [0.25, 0.3) is 10.0 Å². The van der Waals surface area contributed by atoms with E-state index in [0.29, 0.717) is 11.2 Å². The molecule has 0 amide bonds. The molecule has 0 radical (unpaired) electrons. The lowest BCUT2D eigenvalue weighted by molar-refractivity contribution is 0.570. The molecule has 0 unspecified atom stereocenters. The number of nitrogen functional groups attached to an aromatic ring is 1. The first-order valence-electron chi connectivity index (χ1n) is 5.89. The van der Waals surface area contributed by atoms with Crippen LogP contribution in [0.15, 0.2) is 47.4 Å². The van der Waals surface area contributed by atoms with Gasteiger partial charge >= 0.3 is 0 Å². The van der Waals surface area contributed by atoms with E-state index in [1.807, 2.05) is 0 Å². The third-order valence-corrected chi connectivity index (χ3v) is 5.20. The maximum absolute atomic E-state index is 13.6. The molecule has 3 rings (SSSR count). The number of anilines is 2. The largest absolute Gasteiger partial charge is 0.399 e. The van der Waals surface area contributed by atoms with Crippen molar-refractivity contribution in [2.75, 3.05) is 10.5 Å². The van der Waals surface area contributed by atoms with E-state index >= 15 is 0 Å². The fourth-order valence-corrected chi connectivity index (χ4v) is 4.05. The third-order valence-electron chi connectivity index (χ3n) is 2.76. The number of rotatable bonds is 3. The Hall–Kier alpha value is -2.19. The predicted molar refractivity (Wildman–Crippen MR) is 81.2 cm³/mol. The van der Waals surface area contributed by atoms with Gasteiger partial charge in [0, 0.05) is 5.69 Å². The molecule has 0 fully saturated rings. The summed E-state index contributed by atoms with van der Waals surface area (Å²) in [6.45, 7) is 0. The van der Waals surface area contributed by atoms with Crippen molar-refractivity contribution in [2.45, 2.75) is 4.90 Å². The minimum absolute atomic E-state index is 0.166. The molecule has 21 heavy (non-hydrogen) atoms. The summed E-state index contributed by atoms with van der Waals surface area (Å²) in [5.41, 5.74) is 6.85. The lowest BCUT2D eigenvalue weighted by Crippen LogP contribution is -2.14. The highest BCUT2D eigenvalue weighted by atomic mass is 32.2. The molecule has 2 aromatic carbocycles. The van der Waals surface area contributed by atoms with Crippen LogP contribution < -0.4 is 10.5 Å². The first kappa shape index (κ1) is 13.8. The molecule has 0 spiro atoms. The van der Waals surface area contributed by atoms with Crippen LogP contribution in [-0.4, -0.2) is 13.4 Å². The van der Waals surface area contributed by atoms with Crippen molar-refractivity contribution in [3.05, 3.63) is 48.3 Å². The summed E-state index contributed by atoms with van der Waals surface area (Å²) in [7, 11) is -4.01. The van der Waals surface area contributed by atoms with Gasteiger partial charge in [-0.3, -0.25) is 4.72 Å². The number of nitrogens with two attached hydrogens (primary N) is 1. The van der Waals surface area contributed by atoms with E-state index in [1.165, 1.54) is 18.2 Å². The molecule has 0 aliphatic carbocycles. The summed E-state index contributed by atoms with van der Waals surface area (Å²) in [6, 6.07) is 10.2. The van der Waals surface area contributed by atoms with Gasteiger partial charge in [-0.15, -0.1) is 0 Å². The minimum Gasteiger partial charge on any atom is -0.399 e. The Bertz CT molecular complexity index is 922. The Morgan fingerprint density at radius 2 is 1.95 bits per heavy atom. The lowest BCUT2D eigenvalue weighted by Gasteiger charge is -2.05. The minimum atomic E-state index is -4.01. The fraction of sp³-hybridized carbons (Fsp3) is 0. The van der Waals surface area contributed by atoms with Crippen LogP contribution in [0.5, 0.6) is 0 Å². The molecule has 108 valence electrons. The molecule has 0 atom stereocenters. The number of hydrogen-bond donors (Lipinski definition) is 2. The quantitative estimate of drug-likeness (QED) is 0.726. The Morgan fingerprint density at radius 3 is 2.71 bits per heavy atom. The number of hydrogen-bond acceptors (Lipinski definition) is 5. The van der Waals surface area contributed by atoms with Gasteiger partial charge < -0.3 is 5.73 Å². The van der Waals surface area contributed by atoms with Crippen LogP contribution in [0.1, 0.15) is 0 Å². The highest BCUT2D eigenvalue weighted by molar-refractivity contribution is 7.93. The van der Waals surface area contributed by atoms with Gasteiger partial charge in [-0.1, -0.05) is 23.5 Å². The zero-order valence-electron chi connectivity index (χ0n) is 10.6. The fourth-order valence-electron chi connectivity index (χ4n) is 1.82. The van der Waals surface area contributed by atoms with E-state index < -0.39 is 20.7 Å². The van der Waals surface area contributed by atoms with Crippen LogP contribution in [0.3, 0.4) is 0 Å². The zero-order chi connectivity index (χ0) is 15.0. The normalized spacial score (nSPS) is 11.7. The summed E-state index contributed by atoms with van der Waals surface area (Å²) < 4.78 is 40.9. The Kier molecular flexibility index (Phi) is 3.26. The van der Waals surface area contributed by atoms with Crippen LogP contribution in [0, 0.1) is 5.82 Å². The van der Waals surface area contributed by atoms with Gasteiger partial charge in [0.05, 0.1) is 10.2 Å². The maximum Gasteiger partial charge on any atom is 0.266 e. The lowest BCUT2D eigenvalue weighted by atomic mass is 10.3. The second-order valence-electron chi connectivity index (χ2n) is 4.28. The van der Waals surface area contributed by atoms with E-state index in [4.69, 9.17) is 5.73 Å². The molecule has 8 heteroatoms. The SMILES string of the molecule is Nc1ccc2nc(NS(=O)(=O)c3ccccc3F)sc2c1. The second-order valence-corrected chi connectivity index (χ2v) is 6.96. The smallest absolute Gasteiger partial charge is 0.266 e. The van der Waals surface area contributed by atoms with E-state index in [-0.39, 0.29) is 5.13 Å². The Labute approximate surface area is 124 Å². The summed E-state index contributed by atoms with van der Waals surface area (Å²) in [5.74, 6) is -0.810. The molecule has 0 aliphatic rings. The van der Waals surface area contributed by atoms with Crippen LogP contribution in [-0.2, 0) is 10.0 Å². The van der Waals surface area contributed by atoms with Gasteiger partial charge in [0.1, 0.15) is 10.7 Å². The van der Waals surface area contributed by atoms with Crippen LogP contribution in [0.25, 0.3) is 10.2 Å². The van der Waals surface area contributed by atoms with Gasteiger partial charge in [-0.2, -0.15) is 0 Å². The van der Waals surface area contributed by atoms with Crippen molar-refractivity contribution >= 4 is 42.4 Å². The van der Waals surface area contributed by atoms with Crippen molar-refractivity contribution in [3.8, 4) is 0 Å². The van der Waals surface area contributed by atoms with Crippen molar-refractivity contribution in [1.82, 2.24) is 4.98 Å². The van der Waals surface area contributed by atoms with Gasteiger partial charge in [0.15, 0.2) is 5.13 Å². The van der Waals surface area contributed by atoms with E-state index in [0.717, 1.165) is 22.1 Å². The predicted octanol–water partition coefficient (Wildman–Crippen LogP) is 2.82. The van der Waals surface area contributed by atoms with E-state index in [9.17, 15) is 12.8 Å². The van der Waals surface area contributed by atoms with Crippen molar-refractivity contribution in [2.24, 2.45) is 0 Å². The summed E-state index contributed by atoms with van der Waals surface area (Å²) >= 11 is 1.13. The Morgan fingerprint density at radius 1 is 1.19 bits per heavy atom. The molecule has 3 aromatic rings. The maximum atomic E-state index is 13.6. The number of sulfonamides is 1. The average Bonchev–Trinajstić information content (AvgIpc) is 2.79. The van der Waals surface area contributed by atoms with Crippen LogP contribution in [0.4, 0.5) is 15.2 Å². The number of aromatic nitrogens is 1. The molecular formula is C13H10FN3O2S2. The number of nitrogens with one attached hydrogen (secondary N) is 1. The number of nitrogens with zero attached hydrogens (tertiary/aromatic N) is 1. The van der Waals surface area contributed by atoms with Gasteiger partial charge in [0.2, 0.25) is 0 Å². The first-order valence-corrected chi connectivity index (χ1v) is 8.19. The monoisotopic (exact) mass is 323 g/mol. The molecular weight excluding hydrogens is 313 g/mol. The summed E-state index contributed by atoms with van der Waals surface area (Å²) in [6.07, 6.45) is 0. The number of fused-ring (bicyclic) bond motifs is 1. The number of halogens is 1. The molecule has 1 heterocycles. The molecule has 3 N–H and O–H groups in total. The van der Waals surface area contributed by atoms with E-state index in [1.54, 1.807) is 18.2 Å². The number of thiazole rings is 1. The molecule has 5 nitrogen and oxygen atoms in total. The summed E-state index contributed by atoms with van der Waals surface area (Å²) in [4.78, 5) is 3.73. The van der Waals surface area contributed by atoms with Crippen LogP contribution >= 0.6 is 11.3 Å². The van der Waals surface area contributed by atoms with Crippen molar-refractivity contribution in [3.63, 3.8) is 0 Å². The van der Waals surface area contributed by atoms with Gasteiger partial charge in [-0.25, -0.2) is 17.8 Å². The molecule has 1 aromatic heterocycles. The molecule has 0 bridgehead atoms. The first-order chi connectivity index (χ1) is 9.95. The molecule has 0 aliphatic heterocycles. The van der Waals surface area contributed by atoms with Crippen molar-refractivity contribution in [1.29, 1.82) is 0 Å². The highest BCUT2D eigenvalue weighted by Gasteiger charge is 2.20. The highest BCUT2D eigenvalue weighted by Crippen LogP contribution is 2.29. The topological polar surface area (TPSA) is 85.1 Å². The zero-order valence-corrected chi connectivity index (χ0v) is 12.2.